The van der Waals surface area contributed by atoms with E-state index in [1.54, 1.807) is 11.3 Å². The Labute approximate surface area is 184 Å². The molecule has 2 heterocycles. The predicted octanol–water partition coefficient (Wildman–Crippen LogP) is 4.52. The van der Waals surface area contributed by atoms with Gasteiger partial charge in [0.1, 0.15) is 5.01 Å². The number of hydrogen-bond donors (Lipinski definition) is 2. The highest BCUT2D eigenvalue weighted by Gasteiger charge is 2.11. The second-order valence-electron chi connectivity index (χ2n) is 6.03. The Hall–Kier alpha value is -2.33. The van der Waals surface area contributed by atoms with Gasteiger partial charge < -0.3 is 20.5 Å². The molecule has 0 amide bonds. The van der Waals surface area contributed by atoms with E-state index in [2.05, 4.69) is 15.3 Å². The van der Waals surface area contributed by atoms with Crippen molar-refractivity contribution in [1.29, 1.82) is 0 Å². The first-order valence-corrected chi connectivity index (χ1v) is 9.62. The molecule has 8 heteroatoms. The number of nitrogens with zero attached hydrogens (tertiary/aromatic N) is 2. The molecule has 2 aromatic carbocycles. The lowest BCUT2D eigenvalue weighted by Gasteiger charge is -2.10. The molecule has 4 rings (SSSR count). The van der Waals surface area contributed by atoms with Crippen molar-refractivity contribution in [1.82, 2.24) is 4.98 Å². The number of benzene rings is 2. The monoisotopic (exact) mass is 508 g/mol. The maximum absolute atomic E-state index is 6.02. The van der Waals surface area contributed by atoms with Crippen molar-refractivity contribution in [2.45, 2.75) is 13.0 Å². The summed E-state index contributed by atoms with van der Waals surface area (Å²) in [5, 5.41) is 6.04. The molecule has 3 N–H and O–H groups in total. The fourth-order valence-electron chi connectivity index (χ4n) is 2.71. The Morgan fingerprint density at radius 1 is 1.11 bits per heavy atom. The van der Waals surface area contributed by atoms with Crippen LogP contribution in [-0.4, -0.2) is 24.2 Å². The van der Waals surface area contributed by atoms with Crippen LogP contribution in [0.15, 0.2) is 58.9 Å². The minimum absolute atomic E-state index is 0. The SMILES string of the molecule is I.NC(=NCc1nc(-c2ccccc2)cs1)Nc1ccc2c(c1)OCCCO2. The minimum atomic E-state index is 0. The summed E-state index contributed by atoms with van der Waals surface area (Å²) in [4.78, 5) is 9.01. The van der Waals surface area contributed by atoms with Gasteiger partial charge in [-0.3, -0.25) is 0 Å². The molecule has 1 aliphatic rings. The molecular formula is C20H21IN4O2S. The van der Waals surface area contributed by atoms with Crippen molar-refractivity contribution >= 4 is 47.0 Å². The maximum Gasteiger partial charge on any atom is 0.193 e. The van der Waals surface area contributed by atoms with Crippen molar-refractivity contribution in [2.75, 3.05) is 18.5 Å². The summed E-state index contributed by atoms with van der Waals surface area (Å²) in [7, 11) is 0. The number of thiazole rings is 1. The van der Waals surface area contributed by atoms with E-state index >= 15 is 0 Å². The number of guanidine groups is 1. The molecular weight excluding hydrogens is 487 g/mol. The summed E-state index contributed by atoms with van der Waals surface area (Å²) in [6.07, 6.45) is 0.875. The molecule has 0 atom stereocenters. The second-order valence-corrected chi connectivity index (χ2v) is 6.97. The zero-order chi connectivity index (χ0) is 18.5. The van der Waals surface area contributed by atoms with E-state index in [0.29, 0.717) is 25.7 Å². The van der Waals surface area contributed by atoms with Crippen molar-refractivity contribution in [3.05, 3.63) is 58.9 Å². The van der Waals surface area contributed by atoms with Gasteiger partial charge in [-0.15, -0.1) is 35.3 Å². The Morgan fingerprint density at radius 3 is 2.71 bits per heavy atom. The summed E-state index contributed by atoms with van der Waals surface area (Å²) >= 11 is 1.58. The van der Waals surface area contributed by atoms with Crippen LogP contribution in [0.5, 0.6) is 11.5 Å². The van der Waals surface area contributed by atoms with E-state index in [0.717, 1.165) is 39.9 Å². The fraction of sp³-hybridized carbons (Fsp3) is 0.200. The van der Waals surface area contributed by atoms with Crippen LogP contribution in [0.1, 0.15) is 11.4 Å². The minimum Gasteiger partial charge on any atom is -0.490 e. The van der Waals surface area contributed by atoms with E-state index in [4.69, 9.17) is 15.2 Å². The van der Waals surface area contributed by atoms with Gasteiger partial charge in [-0.25, -0.2) is 9.98 Å². The molecule has 3 aromatic rings. The number of rotatable bonds is 4. The quantitative estimate of drug-likeness (QED) is 0.308. The molecule has 1 aliphatic heterocycles. The van der Waals surface area contributed by atoms with Crippen LogP contribution in [0, 0.1) is 0 Å². The number of aromatic nitrogens is 1. The summed E-state index contributed by atoms with van der Waals surface area (Å²) in [6.45, 7) is 1.75. The number of halogens is 1. The van der Waals surface area contributed by atoms with Crippen molar-refractivity contribution in [3.63, 3.8) is 0 Å². The van der Waals surface area contributed by atoms with Crippen molar-refractivity contribution in [2.24, 2.45) is 10.7 Å². The largest absolute Gasteiger partial charge is 0.490 e. The topological polar surface area (TPSA) is 81.8 Å². The van der Waals surface area contributed by atoms with E-state index < -0.39 is 0 Å². The first-order chi connectivity index (χ1) is 13.3. The first kappa shape index (κ1) is 20.4. The Kier molecular flexibility index (Phi) is 7.10. The maximum atomic E-state index is 6.02. The highest BCUT2D eigenvalue weighted by atomic mass is 127. The van der Waals surface area contributed by atoms with Crippen LogP contribution in [0.3, 0.4) is 0 Å². The molecule has 0 radical (unpaired) electrons. The highest BCUT2D eigenvalue weighted by Crippen LogP contribution is 2.32. The lowest BCUT2D eigenvalue weighted by Crippen LogP contribution is -2.22. The van der Waals surface area contributed by atoms with Gasteiger partial charge in [0.2, 0.25) is 0 Å². The van der Waals surface area contributed by atoms with E-state index in [-0.39, 0.29) is 24.0 Å². The van der Waals surface area contributed by atoms with E-state index in [1.165, 1.54) is 0 Å². The molecule has 0 saturated carbocycles. The normalized spacial score (nSPS) is 13.4. The van der Waals surface area contributed by atoms with E-state index in [9.17, 15) is 0 Å². The lowest BCUT2D eigenvalue weighted by atomic mass is 10.2. The number of nitrogens with two attached hydrogens (primary N) is 1. The van der Waals surface area contributed by atoms with Gasteiger partial charge in [0.25, 0.3) is 0 Å². The molecule has 0 saturated heterocycles. The molecule has 0 fully saturated rings. The third-order valence-electron chi connectivity index (χ3n) is 4.03. The number of ether oxygens (including phenoxy) is 2. The smallest absolute Gasteiger partial charge is 0.193 e. The molecule has 0 aliphatic carbocycles. The molecule has 146 valence electrons. The number of hydrogen-bond acceptors (Lipinski definition) is 5. The zero-order valence-corrected chi connectivity index (χ0v) is 18.3. The highest BCUT2D eigenvalue weighted by molar-refractivity contribution is 14.0. The number of fused-ring (bicyclic) bond motifs is 1. The Bertz CT molecular complexity index is 946. The summed E-state index contributed by atoms with van der Waals surface area (Å²) in [6, 6.07) is 15.7. The van der Waals surface area contributed by atoms with Gasteiger partial charge in [0.15, 0.2) is 17.5 Å². The van der Waals surface area contributed by atoms with Crippen LogP contribution in [-0.2, 0) is 6.54 Å². The molecule has 0 spiro atoms. The average Bonchev–Trinajstić information content (AvgIpc) is 3.05. The number of aliphatic imine (C=N–C) groups is 1. The third kappa shape index (κ3) is 5.14. The Balaban J connectivity index is 0.00000225. The van der Waals surface area contributed by atoms with Gasteiger partial charge in [-0.1, -0.05) is 30.3 Å². The van der Waals surface area contributed by atoms with Gasteiger partial charge >= 0.3 is 0 Å². The zero-order valence-electron chi connectivity index (χ0n) is 15.1. The molecule has 0 unspecified atom stereocenters. The average molecular weight is 508 g/mol. The summed E-state index contributed by atoms with van der Waals surface area (Å²) in [5.74, 6) is 1.81. The van der Waals surface area contributed by atoms with Crippen LogP contribution >= 0.6 is 35.3 Å². The van der Waals surface area contributed by atoms with Crippen LogP contribution in [0.4, 0.5) is 5.69 Å². The standard InChI is InChI=1S/C20H20N4O2S.HI/c21-20(23-15-7-8-17-18(11-15)26-10-4-9-25-17)22-12-19-24-16(13-27-19)14-5-2-1-3-6-14;/h1-3,5-8,11,13H,4,9-10,12H2,(H3,21,22,23);1H. The van der Waals surface area contributed by atoms with Gasteiger partial charge in [0.05, 0.1) is 25.5 Å². The Morgan fingerprint density at radius 2 is 1.89 bits per heavy atom. The summed E-state index contributed by atoms with van der Waals surface area (Å²) in [5.41, 5.74) is 8.89. The number of nitrogens with one attached hydrogen (secondary N) is 1. The molecule has 28 heavy (non-hydrogen) atoms. The molecule has 0 bridgehead atoms. The van der Waals surface area contributed by atoms with Crippen molar-refractivity contribution < 1.29 is 9.47 Å². The van der Waals surface area contributed by atoms with Crippen LogP contribution < -0.4 is 20.5 Å². The number of anilines is 1. The van der Waals surface area contributed by atoms with Crippen molar-refractivity contribution in [3.8, 4) is 22.8 Å². The second kappa shape index (κ2) is 9.74. The fourth-order valence-corrected chi connectivity index (χ4v) is 3.43. The molecule has 1 aromatic heterocycles. The van der Waals surface area contributed by atoms with Gasteiger partial charge in [-0.05, 0) is 12.1 Å². The predicted molar refractivity (Wildman–Crippen MR) is 124 cm³/mol. The van der Waals surface area contributed by atoms with Gasteiger partial charge in [-0.2, -0.15) is 0 Å². The molecule has 6 nitrogen and oxygen atoms in total. The van der Waals surface area contributed by atoms with Gasteiger partial charge in [0, 0.05) is 29.1 Å². The lowest BCUT2D eigenvalue weighted by molar-refractivity contribution is 0.297. The van der Waals surface area contributed by atoms with Crippen LogP contribution in [0.2, 0.25) is 0 Å². The third-order valence-corrected chi connectivity index (χ3v) is 4.86. The first-order valence-electron chi connectivity index (χ1n) is 8.74. The van der Waals surface area contributed by atoms with E-state index in [1.807, 2.05) is 53.9 Å². The van der Waals surface area contributed by atoms with Crippen LogP contribution in [0.25, 0.3) is 11.3 Å². The summed E-state index contributed by atoms with van der Waals surface area (Å²) < 4.78 is 11.3.